The summed E-state index contributed by atoms with van der Waals surface area (Å²) in [4.78, 5) is 30.4. The largest absolute Gasteiger partial charge is 0.391 e. The zero-order valence-corrected chi connectivity index (χ0v) is 12.3. The van der Waals surface area contributed by atoms with Crippen molar-refractivity contribution in [1.82, 2.24) is 14.5 Å². The zero-order valence-electron chi connectivity index (χ0n) is 12.3. The Morgan fingerprint density at radius 2 is 2.18 bits per heavy atom. The molecular formula is C16H19N3O3. The first-order valence-electron chi connectivity index (χ1n) is 7.55. The van der Waals surface area contributed by atoms with Crippen molar-refractivity contribution in [3.63, 3.8) is 0 Å². The Morgan fingerprint density at radius 3 is 3.00 bits per heavy atom. The number of nitrogens with zero attached hydrogens (tertiary/aromatic N) is 3. The minimum Gasteiger partial charge on any atom is -0.391 e. The van der Waals surface area contributed by atoms with Crippen LogP contribution in [0.3, 0.4) is 0 Å². The van der Waals surface area contributed by atoms with Gasteiger partial charge in [0.15, 0.2) is 0 Å². The molecule has 1 amide bonds. The molecule has 0 bridgehead atoms. The van der Waals surface area contributed by atoms with Gasteiger partial charge in [0.25, 0.3) is 5.56 Å². The van der Waals surface area contributed by atoms with E-state index < -0.39 is 6.10 Å². The van der Waals surface area contributed by atoms with Gasteiger partial charge in [-0.1, -0.05) is 12.1 Å². The Kier molecular flexibility index (Phi) is 4.20. The molecule has 1 fully saturated rings. The third-order valence-electron chi connectivity index (χ3n) is 4.05. The van der Waals surface area contributed by atoms with Crippen LogP contribution in [0, 0.1) is 0 Å². The van der Waals surface area contributed by atoms with Crippen molar-refractivity contribution in [2.45, 2.75) is 31.9 Å². The highest BCUT2D eigenvalue weighted by molar-refractivity contribution is 5.77. The molecule has 1 N–H and O–H groups in total. The molecule has 1 aromatic carbocycles. The highest BCUT2D eigenvalue weighted by atomic mass is 16.3. The number of benzene rings is 1. The van der Waals surface area contributed by atoms with Crippen molar-refractivity contribution < 1.29 is 9.90 Å². The highest BCUT2D eigenvalue weighted by Gasteiger charge is 2.21. The monoisotopic (exact) mass is 301 g/mol. The number of hydrogen-bond acceptors (Lipinski definition) is 4. The van der Waals surface area contributed by atoms with Crippen molar-refractivity contribution in [3.05, 3.63) is 40.9 Å². The van der Waals surface area contributed by atoms with Crippen LogP contribution in [-0.2, 0) is 11.3 Å². The predicted octanol–water partition coefficient (Wildman–Crippen LogP) is 0.770. The van der Waals surface area contributed by atoms with E-state index in [9.17, 15) is 14.7 Å². The van der Waals surface area contributed by atoms with E-state index in [1.807, 2.05) is 6.07 Å². The van der Waals surface area contributed by atoms with E-state index in [1.165, 1.54) is 10.9 Å². The van der Waals surface area contributed by atoms with Crippen LogP contribution in [0.25, 0.3) is 10.9 Å². The van der Waals surface area contributed by atoms with E-state index in [0.717, 1.165) is 12.8 Å². The maximum absolute atomic E-state index is 12.3. The van der Waals surface area contributed by atoms with E-state index in [2.05, 4.69) is 4.98 Å². The second-order valence-corrected chi connectivity index (χ2v) is 5.65. The molecule has 3 rings (SSSR count). The summed E-state index contributed by atoms with van der Waals surface area (Å²) in [5, 5.41) is 10.2. The number of aryl methyl sites for hydroxylation is 1. The number of aliphatic hydroxyl groups excluding tert-OH is 1. The normalized spacial score (nSPS) is 18.6. The molecule has 6 heteroatoms. The van der Waals surface area contributed by atoms with Gasteiger partial charge in [-0.05, 0) is 25.0 Å². The lowest BCUT2D eigenvalue weighted by molar-refractivity contribution is -0.134. The number of amides is 1. The molecule has 0 radical (unpaired) electrons. The quantitative estimate of drug-likeness (QED) is 0.908. The summed E-state index contributed by atoms with van der Waals surface area (Å²) in [6, 6.07) is 7.17. The summed E-state index contributed by atoms with van der Waals surface area (Å²) in [6.45, 7) is 1.38. The first-order valence-corrected chi connectivity index (χ1v) is 7.55. The molecule has 2 aromatic rings. The Morgan fingerprint density at radius 1 is 1.36 bits per heavy atom. The second kappa shape index (κ2) is 6.27. The second-order valence-electron chi connectivity index (χ2n) is 5.65. The van der Waals surface area contributed by atoms with Gasteiger partial charge in [-0.3, -0.25) is 14.2 Å². The first kappa shape index (κ1) is 14.7. The van der Waals surface area contributed by atoms with Gasteiger partial charge in [0.2, 0.25) is 5.91 Å². The van der Waals surface area contributed by atoms with Crippen LogP contribution < -0.4 is 5.56 Å². The molecule has 1 atom stereocenters. The van der Waals surface area contributed by atoms with Gasteiger partial charge in [0.05, 0.1) is 23.3 Å². The van der Waals surface area contributed by atoms with E-state index in [0.29, 0.717) is 30.5 Å². The molecule has 6 nitrogen and oxygen atoms in total. The predicted molar refractivity (Wildman–Crippen MR) is 82.4 cm³/mol. The Labute approximate surface area is 128 Å². The molecule has 22 heavy (non-hydrogen) atoms. The average molecular weight is 301 g/mol. The molecule has 0 spiro atoms. The summed E-state index contributed by atoms with van der Waals surface area (Å²) < 4.78 is 1.47. The van der Waals surface area contributed by atoms with E-state index in [-0.39, 0.29) is 17.9 Å². The molecule has 1 aliphatic rings. The average Bonchev–Trinajstić information content (AvgIpc) is 2.54. The van der Waals surface area contributed by atoms with Crippen molar-refractivity contribution in [2.24, 2.45) is 0 Å². The lowest BCUT2D eigenvalue weighted by atomic mass is 10.1. The summed E-state index contributed by atoms with van der Waals surface area (Å²) in [5.41, 5.74) is 0.534. The minimum absolute atomic E-state index is 0.0289. The van der Waals surface area contributed by atoms with Crippen LogP contribution in [0.2, 0.25) is 0 Å². The van der Waals surface area contributed by atoms with Crippen LogP contribution in [0.1, 0.15) is 19.3 Å². The van der Waals surface area contributed by atoms with E-state index >= 15 is 0 Å². The number of carbonyl (C=O) groups is 1. The lowest BCUT2D eigenvalue weighted by Crippen LogP contribution is -2.42. The van der Waals surface area contributed by atoms with Gasteiger partial charge in [0, 0.05) is 26.1 Å². The van der Waals surface area contributed by atoms with Crippen molar-refractivity contribution in [2.75, 3.05) is 13.1 Å². The molecule has 1 saturated heterocycles. The third-order valence-corrected chi connectivity index (χ3v) is 4.05. The SMILES string of the molecule is O=C(CCn1cnc2ccccc2c1=O)N1CCCC(O)C1. The van der Waals surface area contributed by atoms with Gasteiger partial charge < -0.3 is 10.0 Å². The van der Waals surface area contributed by atoms with Crippen molar-refractivity contribution >= 4 is 16.8 Å². The standard InChI is InChI=1S/C16H19N3O3/c20-12-4-3-8-18(10-12)15(21)7-9-19-11-17-14-6-2-1-5-13(14)16(19)22/h1-2,5-6,11-12,20H,3-4,7-10H2. The number of para-hydroxylation sites is 1. The molecule has 1 aromatic heterocycles. The van der Waals surface area contributed by atoms with Gasteiger partial charge >= 0.3 is 0 Å². The molecule has 0 saturated carbocycles. The van der Waals surface area contributed by atoms with Gasteiger partial charge in [-0.25, -0.2) is 4.98 Å². The number of hydrogen-bond donors (Lipinski definition) is 1. The number of fused-ring (bicyclic) bond motifs is 1. The van der Waals surface area contributed by atoms with Crippen molar-refractivity contribution in [3.8, 4) is 0 Å². The maximum atomic E-state index is 12.3. The molecule has 1 aliphatic heterocycles. The fourth-order valence-electron chi connectivity index (χ4n) is 2.82. The Balaban J connectivity index is 1.70. The van der Waals surface area contributed by atoms with Gasteiger partial charge in [-0.15, -0.1) is 0 Å². The number of β-amino-alcohol motifs (C(OH)–C–C–N with tert-alkyl or cyclic N) is 1. The fourth-order valence-corrected chi connectivity index (χ4v) is 2.82. The molecular weight excluding hydrogens is 282 g/mol. The minimum atomic E-state index is -0.428. The van der Waals surface area contributed by atoms with Gasteiger partial charge in [-0.2, -0.15) is 0 Å². The van der Waals surface area contributed by atoms with Crippen LogP contribution in [0.4, 0.5) is 0 Å². The number of aromatic nitrogens is 2. The highest BCUT2D eigenvalue weighted by Crippen LogP contribution is 2.11. The number of piperidine rings is 1. The topological polar surface area (TPSA) is 75.4 Å². The molecule has 116 valence electrons. The Bertz CT molecular complexity index is 741. The van der Waals surface area contributed by atoms with Gasteiger partial charge in [0.1, 0.15) is 0 Å². The third kappa shape index (κ3) is 3.01. The van der Waals surface area contributed by atoms with Crippen LogP contribution in [-0.4, -0.2) is 44.7 Å². The van der Waals surface area contributed by atoms with E-state index in [4.69, 9.17) is 0 Å². The fraction of sp³-hybridized carbons (Fsp3) is 0.438. The number of likely N-dealkylation sites (tertiary alicyclic amines) is 1. The molecule has 2 heterocycles. The Hall–Kier alpha value is -2.21. The van der Waals surface area contributed by atoms with Crippen LogP contribution in [0.15, 0.2) is 35.4 Å². The first-order chi connectivity index (χ1) is 10.6. The summed E-state index contributed by atoms with van der Waals surface area (Å²) >= 11 is 0. The maximum Gasteiger partial charge on any atom is 0.261 e. The summed E-state index contributed by atoms with van der Waals surface area (Å²) in [5.74, 6) is -0.0289. The number of carbonyl (C=O) groups excluding carboxylic acids is 1. The van der Waals surface area contributed by atoms with Crippen molar-refractivity contribution in [1.29, 1.82) is 0 Å². The lowest BCUT2D eigenvalue weighted by Gasteiger charge is -2.30. The number of aliphatic hydroxyl groups is 1. The van der Waals surface area contributed by atoms with Crippen LogP contribution >= 0.6 is 0 Å². The summed E-state index contributed by atoms with van der Waals surface area (Å²) in [7, 11) is 0. The summed E-state index contributed by atoms with van der Waals surface area (Å²) in [6.07, 6.45) is 2.88. The molecule has 1 unspecified atom stereocenters. The van der Waals surface area contributed by atoms with E-state index in [1.54, 1.807) is 23.1 Å². The molecule has 0 aliphatic carbocycles. The zero-order chi connectivity index (χ0) is 15.5. The number of rotatable bonds is 3. The smallest absolute Gasteiger partial charge is 0.261 e. The van der Waals surface area contributed by atoms with Crippen LogP contribution in [0.5, 0.6) is 0 Å².